The summed E-state index contributed by atoms with van der Waals surface area (Å²) in [6, 6.07) is 20.5. The van der Waals surface area contributed by atoms with Crippen molar-refractivity contribution in [1.29, 1.82) is 0 Å². The van der Waals surface area contributed by atoms with Crippen LogP contribution < -0.4 is 15.4 Å². The van der Waals surface area contributed by atoms with Crippen LogP contribution >= 0.6 is 0 Å². The number of fused-ring (bicyclic) bond motifs is 1. The average Bonchev–Trinajstić information content (AvgIpc) is 2.76. The van der Waals surface area contributed by atoms with Gasteiger partial charge in [-0.05, 0) is 30.0 Å². The Labute approximate surface area is 170 Å². The van der Waals surface area contributed by atoms with Crippen molar-refractivity contribution in [2.75, 3.05) is 11.9 Å². The van der Waals surface area contributed by atoms with E-state index in [0.29, 0.717) is 30.0 Å². The highest BCUT2D eigenvalue weighted by atomic mass is 16.5. The van der Waals surface area contributed by atoms with Crippen LogP contribution in [0.4, 0.5) is 5.69 Å². The van der Waals surface area contributed by atoms with E-state index in [1.54, 1.807) is 30.3 Å². The number of para-hydroxylation sites is 1. The molecule has 148 valence electrons. The van der Waals surface area contributed by atoms with E-state index in [-0.39, 0.29) is 11.8 Å². The minimum Gasteiger partial charge on any atom is -0.480 e. The summed E-state index contributed by atoms with van der Waals surface area (Å²) in [5.41, 5.74) is 0.835. The fourth-order valence-corrected chi connectivity index (χ4v) is 3.04. The first-order chi connectivity index (χ1) is 14.1. The smallest absolute Gasteiger partial charge is 0.265 e. The maximum absolute atomic E-state index is 12.9. The summed E-state index contributed by atoms with van der Waals surface area (Å²) in [6.45, 7) is 5.83. The van der Waals surface area contributed by atoms with Gasteiger partial charge in [0, 0.05) is 11.9 Å². The molecule has 0 bridgehead atoms. The van der Waals surface area contributed by atoms with Crippen molar-refractivity contribution < 1.29 is 14.3 Å². The minimum absolute atomic E-state index is 0.274. The Morgan fingerprint density at radius 2 is 1.76 bits per heavy atom. The zero-order valence-corrected chi connectivity index (χ0v) is 16.4. The number of benzene rings is 3. The van der Waals surface area contributed by atoms with Crippen LogP contribution in [0.2, 0.25) is 0 Å². The van der Waals surface area contributed by atoms with Gasteiger partial charge < -0.3 is 15.4 Å². The summed E-state index contributed by atoms with van der Waals surface area (Å²) in [7, 11) is 0. The fraction of sp³-hybridized carbons (Fsp3) is 0.167. The van der Waals surface area contributed by atoms with Gasteiger partial charge in [0.25, 0.3) is 11.8 Å². The number of carbonyl (C=O) groups excluding carboxylic acids is 2. The van der Waals surface area contributed by atoms with Gasteiger partial charge in [0.05, 0.1) is 11.3 Å². The SMILES string of the molecule is C=CCNC(=O)c1ccccc1NC(=O)C(CC)Oc1cccc2ccccc12. The Balaban J connectivity index is 1.79. The number of ether oxygens (including phenoxy) is 1. The summed E-state index contributed by atoms with van der Waals surface area (Å²) < 4.78 is 6.05. The van der Waals surface area contributed by atoms with E-state index in [9.17, 15) is 9.59 Å². The van der Waals surface area contributed by atoms with Gasteiger partial charge in [-0.2, -0.15) is 0 Å². The van der Waals surface area contributed by atoms with E-state index < -0.39 is 6.10 Å². The first-order valence-electron chi connectivity index (χ1n) is 9.57. The topological polar surface area (TPSA) is 67.4 Å². The van der Waals surface area contributed by atoms with Crippen molar-refractivity contribution in [3.8, 4) is 5.75 Å². The molecule has 1 atom stereocenters. The Bertz CT molecular complexity index is 1020. The fourth-order valence-electron chi connectivity index (χ4n) is 3.04. The predicted octanol–water partition coefficient (Wildman–Crippen LogP) is 4.55. The zero-order valence-electron chi connectivity index (χ0n) is 16.4. The lowest BCUT2D eigenvalue weighted by Crippen LogP contribution is -2.33. The number of hydrogen-bond acceptors (Lipinski definition) is 3. The third-order valence-corrected chi connectivity index (χ3v) is 4.52. The van der Waals surface area contributed by atoms with Gasteiger partial charge in [-0.1, -0.05) is 61.5 Å². The van der Waals surface area contributed by atoms with Gasteiger partial charge in [-0.3, -0.25) is 9.59 Å². The molecule has 0 saturated carbocycles. The van der Waals surface area contributed by atoms with Gasteiger partial charge in [0.1, 0.15) is 5.75 Å². The summed E-state index contributed by atoms with van der Waals surface area (Å²) >= 11 is 0. The monoisotopic (exact) mass is 388 g/mol. The van der Waals surface area contributed by atoms with Crippen molar-refractivity contribution in [1.82, 2.24) is 5.32 Å². The lowest BCUT2D eigenvalue weighted by atomic mass is 10.1. The van der Waals surface area contributed by atoms with Gasteiger partial charge in [0.2, 0.25) is 0 Å². The van der Waals surface area contributed by atoms with Crippen LogP contribution in [0.5, 0.6) is 5.75 Å². The molecular weight excluding hydrogens is 364 g/mol. The molecule has 0 radical (unpaired) electrons. The van der Waals surface area contributed by atoms with Crippen LogP contribution in [0, 0.1) is 0 Å². The van der Waals surface area contributed by atoms with Crippen LogP contribution in [-0.4, -0.2) is 24.5 Å². The van der Waals surface area contributed by atoms with Gasteiger partial charge in [-0.25, -0.2) is 0 Å². The number of anilines is 1. The number of carbonyl (C=O) groups is 2. The highest BCUT2D eigenvalue weighted by Crippen LogP contribution is 2.27. The molecule has 3 rings (SSSR count). The second-order valence-corrected chi connectivity index (χ2v) is 6.53. The predicted molar refractivity (Wildman–Crippen MR) is 116 cm³/mol. The second-order valence-electron chi connectivity index (χ2n) is 6.53. The summed E-state index contributed by atoms with van der Waals surface area (Å²) in [4.78, 5) is 25.2. The molecule has 0 heterocycles. The van der Waals surface area contributed by atoms with Crippen molar-refractivity contribution in [2.24, 2.45) is 0 Å². The maximum Gasteiger partial charge on any atom is 0.265 e. The third kappa shape index (κ3) is 4.82. The normalized spacial score (nSPS) is 11.5. The van der Waals surface area contributed by atoms with E-state index in [4.69, 9.17) is 4.74 Å². The minimum atomic E-state index is -0.690. The lowest BCUT2D eigenvalue weighted by molar-refractivity contribution is -0.122. The first kappa shape index (κ1) is 20.1. The molecule has 0 fully saturated rings. The maximum atomic E-state index is 12.9. The van der Waals surface area contributed by atoms with Crippen molar-refractivity contribution in [3.05, 3.63) is 84.9 Å². The standard InChI is InChI=1S/C24H24N2O3/c1-3-16-25-23(27)19-13-7-8-14-20(19)26-24(28)21(4-2)29-22-15-9-11-17-10-5-6-12-18(17)22/h3,5-15,21H,1,4,16H2,2H3,(H,25,27)(H,26,28). The molecule has 0 aliphatic rings. The molecule has 5 nitrogen and oxygen atoms in total. The van der Waals surface area contributed by atoms with Crippen molar-refractivity contribution in [3.63, 3.8) is 0 Å². The van der Waals surface area contributed by atoms with E-state index in [0.717, 1.165) is 10.8 Å². The van der Waals surface area contributed by atoms with E-state index >= 15 is 0 Å². The molecule has 0 saturated heterocycles. The molecule has 0 aliphatic carbocycles. The molecule has 29 heavy (non-hydrogen) atoms. The largest absolute Gasteiger partial charge is 0.480 e. The second kappa shape index (κ2) is 9.55. The number of nitrogens with one attached hydrogen (secondary N) is 2. The van der Waals surface area contributed by atoms with Crippen molar-refractivity contribution >= 4 is 28.3 Å². The van der Waals surface area contributed by atoms with Gasteiger partial charge >= 0.3 is 0 Å². The number of amides is 2. The molecule has 2 amide bonds. The molecule has 5 heteroatoms. The Hall–Kier alpha value is -3.60. The van der Waals surface area contributed by atoms with E-state index in [1.165, 1.54) is 0 Å². The Kier molecular flexibility index (Phi) is 6.63. The molecule has 1 unspecified atom stereocenters. The molecule has 2 N–H and O–H groups in total. The third-order valence-electron chi connectivity index (χ3n) is 4.52. The molecule has 0 spiro atoms. The van der Waals surface area contributed by atoms with Crippen LogP contribution in [-0.2, 0) is 4.79 Å². The quantitative estimate of drug-likeness (QED) is 0.556. The average molecular weight is 388 g/mol. The van der Waals surface area contributed by atoms with E-state index in [2.05, 4.69) is 17.2 Å². The number of hydrogen-bond donors (Lipinski definition) is 2. The molecule has 3 aromatic carbocycles. The van der Waals surface area contributed by atoms with Gasteiger partial charge in [-0.15, -0.1) is 6.58 Å². The molecular formula is C24H24N2O3. The summed E-state index contributed by atoms with van der Waals surface area (Å²) in [5.74, 6) is 0.0790. The van der Waals surface area contributed by atoms with E-state index in [1.807, 2.05) is 49.4 Å². The van der Waals surface area contributed by atoms with Crippen LogP contribution in [0.15, 0.2) is 79.4 Å². The highest BCUT2D eigenvalue weighted by Gasteiger charge is 2.21. The molecule has 3 aromatic rings. The summed E-state index contributed by atoms with van der Waals surface area (Å²) in [5, 5.41) is 7.56. The molecule has 0 aromatic heterocycles. The Morgan fingerprint density at radius 1 is 1.03 bits per heavy atom. The number of rotatable bonds is 8. The van der Waals surface area contributed by atoms with Crippen LogP contribution in [0.3, 0.4) is 0 Å². The Morgan fingerprint density at radius 3 is 2.55 bits per heavy atom. The first-order valence-corrected chi connectivity index (χ1v) is 9.57. The highest BCUT2D eigenvalue weighted by molar-refractivity contribution is 6.04. The summed E-state index contributed by atoms with van der Waals surface area (Å²) in [6.07, 6.45) is 1.40. The van der Waals surface area contributed by atoms with Gasteiger partial charge in [0.15, 0.2) is 6.10 Å². The van der Waals surface area contributed by atoms with Crippen molar-refractivity contribution in [2.45, 2.75) is 19.4 Å². The molecule has 0 aliphatic heterocycles. The van der Waals surface area contributed by atoms with Crippen LogP contribution in [0.25, 0.3) is 10.8 Å². The van der Waals surface area contributed by atoms with Crippen LogP contribution in [0.1, 0.15) is 23.7 Å². The zero-order chi connectivity index (χ0) is 20.6. The lowest BCUT2D eigenvalue weighted by Gasteiger charge is -2.19.